The Kier molecular flexibility index (Phi) is 5.40. The first-order valence-corrected chi connectivity index (χ1v) is 6.45. The van der Waals surface area contributed by atoms with Gasteiger partial charge in [0.2, 0.25) is 0 Å². The number of esters is 1. The molecule has 0 aliphatic carbocycles. The molecular formula is C13H26N2O2. The summed E-state index contributed by atoms with van der Waals surface area (Å²) in [6.45, 7) is 6.33. The molecule has 0 amide bonds. The van der Waals surface area contributed by atoms with Gasteiger partial charge in [0.15, 0.2) is 0 Å². The van der Waals surface area contributed by atoms with Crippen LogP contribution in [0.5, 0.6) is 0 Å². The summed E-state index contributed by atoms with van der Waals surface area (Å²) < 4.78 is 4.82. The molecule has 0 saturated carbocycles. The van der Waals surface area contributed by atoms with Crippen molar-refractivity contribution >= 4 is 5.97 Å². The van der Waals surface area contributed by atoms with Crippen LogP contribution in [0.1, 0.15) is 26.7 Å². The summed E-state index contributed by atoms with van der Waals surface area (Å²) >= 11 is 0. The molecule has 17 heavy (non-hydrogen) atoms. The van der Waals surface area contributed by atoms with Crippen LogP contribution in [0.2, 0.25) is 0 Å². The van der Waals surface area contributed by atoms with E-state index in [1.807, 2.05) is 6.92 Å². The first-order chi connectivity index (χ1) is 7.97. The van der Waals surface area contributed by atoms with Gasteiger partial charge < -0.3 is 9.64 Å². The zero-order valence-corrected chi connectivity index (χ0v) is 11.8. The van der Waals surface area contributed by atoms with Crippen LogP contribution in [-0.4, -0.2) is 62.1 Å². The molecule has 1 heterocycles. The fourth-order valence-corrected chi connectivity index (χ4v) is 2.54. The van der Waals surface area contributed by atoms with Crippen LogP contribution in [0.4, 0.5) is 0 Å². The maximum Gasteiger partial charge on any atom is 0.309 e. The molecule has 1 saturated heterocycles. The van der Waals surface area contributed by atoms with Crippen molar-refractivity contribution < 1.29 is 9.53 Å². The lowest BCUT2D eigenvalue weighted by atomic mass is 9.97. The van der Waals surface area contributed by atoms with E-state index in [1.165, 1.54) is 26.5 Å². The van der Waals surface area contributed by atoms with Crippen molar-refractivity contribution in [2.75, 3.05) is 34.3 Å². The highest BCUT2D eigenvalue weighted by Gasteiger charge is 2.30. The van der Waals surface area contributed by atoms with Gasteiger partial charge in [-0.15, -0.1) is 0 Å². The molecule has 3 atom stereocenters. The van der Waals surface area contributed by atoms with Crippen LogP contribution in [0, 0.1) is 5.92 Å². The van der Waals surface area contributed by atoms with Crippen LogP contribution in [0.15, 0.2) is 0 Å². The molecule has 0 N–H and O–H groups in total. The molecule has 1 aliphatic heterocycles. The second-order valence-corrected chi connectivity index (χ2v) is 5.28. The summed E-state index contributed by atoms with van der Waals surface area (Å²) in [4.78, 5) is 16.2. The zero-order chi connectivity index (χ0) is 13.0. The van der Waals surface area contributed by atoms with E-state index >= 15 is 0 Å². The lowest BCUT2D eigenvalue weighted by Crippen LogP contribution is -2.50. The maximum atomic E-state index is 11.5. The number of likely N-dealkylation sites (tertiary alicyclic amines) is 1. The number of piperidine rings is 1. The number of nitrogens with zero attached hydrogens (tertiary/aromatic N) is 2. The Labute approximate surface area is 105 Å². The van der Waals surface area contributed by atoms with E-state index in [2.05, 4.69) is 30.8 Å². The van der Waals surface area contributed by atoms with Gasteiger partial charge in [-0.3, -0.25) is 9.69 Å². The van der Waals surface area contributed by atoms with Gasteiger partial charge in [0, 0.05) is 18.6 Å². The zero-order valence-electron chi connectivity index (χ0n) is 11.8. The molecule has 1 aliphatic rings. The van der Waals surface area contributed by atoms with Crippen molar-refractivity contribution in [1.29, 1.82) is 0 Å². The third-order valence-electron chi connectivity index (χ3n) is 4.11. The van der Waals surface area contributed by atoms with Crippen LogP contribution in [0.25, 0.3) is 0 Å². The highest BCUT2D eigenvalue weighted by molar-refractivity contribution is 5.72. The van der Waals surface area contributed by atoms with E-state index in [0.717, 1.165) is 6.54 Å². The number of methoxy groups -OCH3 is 1. The fourth-order valence-electron chi connectivity index (χ4n) is 2.54. The highest BCUT2D eigenvalue weighted by Crippen LogP contribution is 2.19. The van der Waals surface area contributed by atoms with Gasteiger partial charge in [-0.25, -0.2) is 0 Å². The maximum absolute atomic E-state index is 11.5. The summed E-state index contributed by atoms with van der Waals surface area (Å²) in [7, 11) is 5.74. The number of ether oxygens (including phenoxy) is 1. The number of carbonyl (C=O) groups excluding carboxylic acids is 1. The Morgan fingerprint density at radius 3 is 2.65 bits per heavy atom. The molecular weight excluding hydrogens is 216 g/mol. The van der Waals surface area contributed by atoms with Crippen molar-refractivity contribution in [3.8, 4) is 0 Å². The van der Waals surface area contributed by atoms with E-state index < -0.39 is 0 Å². The van der Waals surface area contributed by atoms with Gasteiger partial charge in [-0.05, 0) is 40.4 Å². The normalized spacial score (nSPS) is 25.6. The lowest BCUT2D eigenvalue weighted by Gasteiger charge is -2.40. The second kappa shape index (κ2) is 6.36. The second-order valence-electron chi connectivity index (χ2n) is 5.28. The van der Waals surface area contributed by atoms with Crippen LogP contribution in [-0.2, 0) is 9.53 Å². The molecule has 0 radical (unpaired) electrons. The largest absolute Gasteiger partial charge is 0.469 e. The van der Waals surface area contributed by atoms with Crippen LogP contribution >= 0.6 is 0 Å². The van der Waals surface area contributed by atoms with Crippen LogP contribution < -0.4 is 0 Å². The van der Waals surface area contributed by atoms with Gasteiger partial charge >= 0.3 is 5.97 Å². The molecule has 0 aromatic carbocycles. The molecule has 1 rings (SSSR count). The Morgan fingerprint density at radius 1 is 1.47 bits per heavy atom. The van der Waals surface area contributed by atoms with Crippen molar-refractivity contribution in [3.63, 3.8) is 0 Å². The highest BCUT2D eigenvalue weighted by atomic mass is 16.5. The van der Waals surface area contributed by atoms with E-state index in [0.29, 0.717) is 6.04 Å². The summed E-state index contributed by atoms with van der Waals surface area (Å²) in [5, 5.41) is 0. The average Bonchev–Trinajstić information content (AvgIpc) is 2.35. The Morgan fingerprint density at radius 2 is 2.12 bits per heavy atom. The van der Waals surface area contributed by atoms with E-state index in [-0.39, 0.29) is 17.9 Å². The minimum Gasteiger partial charge on any atom is -0.469 e. The fraction of sp³-hybridized carbons (Fsp3) is 0.923. The van der Waals surface area contributed by atoms with Crippen molar-refractivity contribution in [2.24, 2.45) is 5.92 Å². The summed E-state index contributed by atoms with van der Waals surface area (Å²) in [5.41, 5.74) is 0. The van der Waals surface area contributed by atoms with E-state index in [9.17, 15) is 4.79 Å². The number of likely N-dealkylation sites (N-methyl/N-ethyl adjacent to an activating group) is 2. The summed E-state index contributed by atoms with van der Waals surface area (Å²) in [5.74, 6) is -0.189. The third kappa shape index (κ3) is 3.68. The molecule has 3 unspecified atom stereocenters. The molecule has 4 nitrogen and oxygen atoms in total. The first kappa shape index (κ1) is 14.5. The third-order valence-corrected chi connectivity index (χ3v) is 4.11. The van der Waals surface area contributed by atoms with E-state index in [4.69, 9.17) is 4.74 Å². The standard InChI is InChI=1S/C13H26N2O2/c1-10(13(16)17-5)11(2)15(4)12-7-6-8-14(3)9-12/h10-12H,6-9H2,1-5H3. The Balaban J connectivity index is 2.55. The predicted molar refractivity (Wildman–Crippen MR) is 68.9 cm³/mol. The monoisotopic (exact) mass is 242 g/mol. The van der Waals surface area contributed by atoms with Gasteiger partial charge in [0.05, 0.1) is 13.0 Å². The number of carbonyl (C=O) groups is 1. The van der Waals surface area contributed by atoms with Crippen molar-refractivity contribution in [3.05, 3.63) is 0 Å². The minimum absolute atomic E-state index is 0.0720. The predicted octanol–water partition coefficient (Wildman–Crippen LogP) is 1.21. The minimum atomic E-state index is -0.117. The molecule has 100 valence electrons. The molecule has 0 aromatic heterocycles. The van der Waals surface area contributed by atoms with Gasteiger partial charge in [-0.1, -0.05) is 6.92 Å². The molecule has 0 spiro atoms. The Hall–Kier alpha value is -0.610. The first-order valence-electron chi connectivity index (χ1n) is 6.45. The number of rotatable bonds is 4. The lowest BCUT2D eigenvalue weighted by molar-refractivity contribution is -0.147. The average molecular weight is 242 g/mol. The SMILES string of the molecule is COC(=O)C(C)C(C)N(C)C1CCCN(C)C1. The molecule has 1 fully saturated rings. The van der Waals surface area contributed by atoms with Gasteiger partial charge in [0.25, 0.3) is 0 Å². The summed E-state index contributed by atoms with van der Waals surface area (Å²) in [6.07, 6.45) is 2.46. The summed E-state index contributed by atoms with van der Waals surface area (Å²) in [6, 6.07) is 0.773. The van der Waals surface area contributed by atoms with Crippen LogP contribution in [0.3, 0.4) is 0 Å². The quantitative estimate of drug-likeness (QED) is 0.694. The smallest absolute Gasteiger partial charge is 0.309 e. The van der Waals surface area contributed by atoms with Crippen molar-refractivity contribution in [1.82, 2.24) is 9.80 Å². The van der Waals surface area contributed by atoms with Gasteiger partial charge in [-0.2, -0.15) is 0 Å². The number of hydrogen-bond acceptors (Lipinski definition) is 4. The molecule has 4 heteroatoms. The number of hydrogen-bond donors (Lipinski definition) is 0. The van der Waals surface area contributed by atoms with E-state index in [1.54, 1.807) is 0 Å². The molecule has 0 aromatic rings. The topological polar surface area (TPSA) is 32.8 Å². The Bertz CT molecular complexity index is 258. The van der Waals surface area contributed by atoms with Crippen molar-refractivity contribution in [2.45, 2.75) is 38.8 Å². The molecule has 0 bridgehead atoms. The van der Waals surface area contributed by atoms with Gasteiger partial charge in [0.1, 0.15) is 0 Å².